The first-order valence-electron chi connectivity index (χ1n) is 8.76. The lowest BCUT2D eigenvalue weighted by Gasteiger charge is -2.22. The first kappa shape index (κ1) is 19.0. The molecule has 1 N–H and O–H groups in total. The van der Waals surface area contributed by atoms with Gasteiger partial charge in [-0.15, -0.1) is 0 Å². The fraction of sp³-hybridized carbons (Fsp3) is 0.611. The summed E-state index contributed by atoms with van der Waals surface area (Å²) < 4.78 is 0. The summed E-state index contributed by atoms with van der Waals surface area (Å²) >= 11 is 0. The van der Waals surface area contributed by atoms with Crippen molar-refractivity contribution in [2.24, 2.45) is 5.92 Å². The molecule has 1 aromatic heterocycles. The van der Waals surface area contributed by atoms with Crippen molar-refractivity contribution in [3.05, 3.63) is 23.9 Å². The number of hydrogen-bond acceptors (Lipinski definition) is 5. The molecule has 1 aliphatic heterocycles. The molecule has 1 aromatic rings. The Morgan fingerprint density at radius 3 is 2.88 bits per heavy atom. The molecule has 2 rings (SSSR count). The van der Waals surface area contributed by atoms with E-state index in [4.69, 9.17) is 5.26 Å². The van der Waals surface area contributed by atoms with Gasteiger partial charge in [0.25, 0.3) is 0 Å². The predicted molar refractivity (Wildman–Crippen MR) is 98.2 cm³/mol. The van der Waals surface area contributed by atoms with Crippen molar-refractivity contribution >= 4 is 11.8 Å². The van der Waals surface area contributed by atoms with Gasteiger partial charge in [0.15, 0.2) is 0 Å². The zero-order valence-electron chi connectivity index (χ0n) is 15.4. The maximum absolute atomic E-state index is 12.0. The van der Waals surface area contributed by atoms with Crippen molar-refractivity contribution in [1.82, 2.24) is 20.1 Å². The van der Waals surface area contributed by atoms with Crippen LogP contribution in [-0.4, -0.2) is 67.6 Å². The van der Waals surface area contributed by atoms with Gasteiger partial charge in [-0.2, -0.15) is 5.26 Å². The van der Waals surface area contributed by atoms with Crippen LogP contribution < -0.4 is 10.2 Å². The normalized spacial score (nSPS) is 16.6. The second kappa shape index (κ2) is 9.23. The molecule has 0 aliphatic carbocycles. The Morgan fingerprint density at radius 1 is 1.40 bits per heavy atom. The van der Waals surface area contributed by atoms with E-state index in [9.17, 15) is 4.79 Å². The number of likely N-dealkylation sites (N-methyl/N-ethyl adjacent to an activating group) is 1. The van der Waals surface area contributed by atoms with Crippen LogP contribution in [-0.2, 0) is 6.54 Å². The van der Waals surface area contributed by atoms with Crippen LogP contribution in [0.1, 0.15) is 18.9 Å². The van der Waals surface area contributed by atoms with Crippen LogP contribution in [0.2, 0.25) is 0 Å². The van der Waals surface area contributed by atoms with E-state index in [0.29, 0.717) is 13.1 Å². The molecule has 136 valence electrons. The number of carbonyl (C=O) groups is 1. The van der Waals surface area contributed by atoms with Crippen LogP contribution >= 0.6 is 0 Å². The number of urea groups is 1. The van der Waals surface area contributed by atoms with Crippen LogP contribution in [0.3, 0.4) is 0 Å². The average molecular weight is 344 g/mol. The molecule has 0 saturated carbocycles. The molecule has 0 unspecified atom stereocenters. The summed E-state index contributed by atoms with van der Waals surface area (Å²) in [6.07, 6.45) is 2.96. The first-order valence-corrected chi connectivity index (χ1v) is 8.76. The third kappa shape index (κ3) is 5.91. The number of rotatable bonds is 5. The molecule has 1 atom stereocenters. The number of nitriles is 1. The van der Waals surface area contributed by atoms with E-state index >= 15 is 0 Å². The van der Waals surface area contributed by atoms with Gasteiger partial charge in [-0.05, 0) is 38.6 Å². The molecule has 1 fully saturated rings. The molecule has 25 heavy (non-hydrogen) atoms. The van der Waals surface area contributed by atoms with E-state index in [1.807, 2.05) is 18.3 Å². The smallest absolute Gasteiger partial charge is 0.317 e. The van der Waals surface area contributed by atoms with Crippen molar-refractivity contribution in [2.75, 3.05) is 51.7 Å². The summed E-state index contributed by atoms with van der Waals surface area (Å²) in [6, 6.07) is 5.98. The quantitative estimate of drug-likeness (QED) is 0.877. The number of pyridine rings is 1. The first-order chi connectivity index (χ1) is 12.0. The minimum absolute atomic E-state index is 0.177. The monoisotopic (exact) mass is 344 g/mol. The Balaban J connectivity index is 1.84. The predicted octanol–water partition coefficient (Wildman–Crippen LogP) is 1.52. The molecule has 1 aliphatic rings. The Kier molecular flexibility index (Phi) is 7.02. The zero-order valence-corrected chi connectivity index (χ0v) is 15.4. The summed E-state index contributed by atoms with van der Waals surface area (Å²) in [5, 5.41) is 11.7. The zero-order chi connectivity index (χ0) is 18.2. The van der Waals surface area contributed by atoms with Crippen LogP contribution in [0.25, 0.3) is 0 Å². The van der Waals surface area contributed by atoms with Crippen LogP contribution in [0.4, 0.5) is 10.6 Å². The summed E-state index contributed by atoms with van der Waals surface area (Å²) in [5.41, 5.74) is 0.964. The highest BCUT2D eigenvalue weighted by atomic mass is 16.2. The molecule has 0 radical (unpaired) electrons. The number of amides is 2. The van der Waals surface area contributed by atoms with Crippen molar-refractivity contribution in [1.29, 1.82) is 5.26 Å². The van der Waals surface area contributed by atoms with Gasteiger partial charge in [0.2, 0.25) is 0 Å². The van der Waals surface area contributed by atoms with E-state index in [1.54, 1.807) is 14.0 Å². The minimum Gasteiger partial charge on any atom is -0.355 e. The van der Waals surface area contributed by atoms with Crippen molar-refractivity contribution in [3.63, 3.8) is 0 Å². The Hall–Kier alpha value is -2.33. The highest BCUT2D eigenvalue weighted by Gasteiger charge is 2.14. The van der Waals surface area contributed by atoms with Crippen molar-refractivity contribution in [2.45, 2.75) is 19.9 Å². The van der Waals surface area contributed by atoms with Gasteiger partial charge < -0.3 is 20.0 Å². The standard InChI is InChI=1S/C18H28N6O/c1-15(11-19)14-23(3)18(25)21-13-16-5-6-17(20-12-16)24-8-4-7-22(2)9-10-24/h5-6,12,15H,4,7-10,13-14H2,1-3H3,(H,21,25)/t15-/m0/s1. The van der Waals surface area contributed by atoms with Gasteiger partial charge in [0.1, 0.15) is 5.82 Å². The lowest BCUT2D eigenvalue weighted by atomic mass is 10.2. The second-order valence-electron chi connectivity index (χ2n) is 6.74. The third-order valence-electron chi connectivity index (χ3n) is 4.41. The Bertz CT molecular complexity index is 597. The number of anilines is 1. The Morgan fingerprint density at radius 2 is 2.20 bits per heavy atom. The number of hydrogen-bond donors (Lipinski definition) is 1. The summed E-state index contributed by atoms with van der Waals surface area (Å²) in [4.78, 5) is 22.8. The van der Waals surface area contributed by atoms with Gasteiger partial charge in [0.05, 0.1) is 12.0 Å². The molecular weight excluding hydrogens is 316 g/mol. The van der Waals surface area contributed by atoms with E-state index in [2.05, 4.69) is 33.2 Å². The molecule has 0 spiro atoms. The van der Waals surface area contributed by atoms with Crippen molar-refractivity contribution < 1.29 is 4.79 Å². The van der Waals surface area contributed by atoms with Gasteiger partial charge in [-0.25, -0.2) is 9.78 Å². The molecule has 7 nitrogen and oxygen atoms in total. The average Bonchev–Trinajstić information content (AvgIpc) is 2.84. The summed E-state index contributed by atoms with van der Waals surface area (Å²) in [5.74, 6) is 0.815. The van der Waals surface area contributed by atoms with E-state index in [1.165, 1.54) is 4.90 Å². The summed E-state index contributed by atoms with van der Waals surface area (Å²) in [7, 11) is 3.85. The number of aromatic nitrogens is 1. The Labute approximate surface area is 150 Å². The highest BCUT2D eigenvalue weighted by molar-refractivity contribution is 5.73. The van der Waals surface area contributed by atoms with Gasteiger partial charge in [0, 0.05) is 46.0 Å². The number of nitrogens with zero attached hydrogens (tertiary/aromatic N) is 5. The largest absolute Gasteiger partial charge is 0.355 e. The molecule has 7 heteroatoms. The van der Waals surface area contributed by atoms with Gasteiger partial charge in [-0.1, -0.05) is 6.07 Å². The number of carbonyl (C=O) groups excluding carboxylic acids is 1. The molecule has 2 heterocycles. The van der Waals surface area contributed by atoms with Gasteiger partial charge in [-0.3, -0.25) is 0 Å². The molecule has 2 amide bonds. The molecule has 0 bridgehead atoms. The third-order valence-corrected chi connectivity index (χ3v) is 4.41. The maximum Gasteiger partial charge on any atom is 0.317 e. The maximum atomic E-state index is 12.0. The minimum atomic E-state index is -0.179. The lowest BCUT2D eigenvalue weighted by Crippen LogP contribution is -2.39. The van der Waals surface area contributed by atoms with Crippen molar-refractivity contribution in [3.8, 4) is 6.07 Å². The fourth-order valence-electron chi connectivity index (χ4n) is 2.83. The lowest BCUT2D eigenvalue weighted by molar-refractivity contribution is 0.205. The van der Waals surface area contributed by atoms with Crippen LogP contribution in [0.5, 0.6) is 0 Å². The van der Waals surface area contributed by atoms with E-state index in [-0.39, 0.29) is 11.9 Å². The topological polar surface area (TPSA) is 75.5 Å². The number of nitrogens with one attached hydrogen (secondary N) is 1. The summed E-state index contributed by atoms with van der Waals surface area (Å²) in [6.45, 7) is 6.83. The highest BCUT2D eigenvalue weighted by Crippen LogP contribution is 2.14. The molecular formula is C18H28N6O. The van der Waals surface area contributed by atoms with E-state index < -0.39 is 0 Å². The van der Waals surface area contributed by atoms with Crippen LogP contribution in [0, 0.1) is 17.2 Å². The molecule has 0 aromatic carbocycles. The van der Waals surface area contributed by atoms with E-state index in [0.717, 1.165) is 44.0 Å². The van der Waals surface area contributed by atoms with Gasteiger partial charge >= 0.3 is 6.03 Å². The second-order valence-corrected chi connectivity index (χ2v) is 6.74. The molecule has 1 saturated heterocycles. The van der Waals surface area contributed by atoms with Crippen LogP contribution in [0.15, 0.2) is 18.3 Å². The fourth-order valence-corrected chi connectivity index (χ4v) is 2.83. The SMILES string of the molecule is C[C@@H](C#N)CN(C)C(=O)NCc1ccc(N2CCCN(C)CC2)nc1.